The quantitative estimate of drug-likeness (QED) is 0.323. The van der Waals surface area contributed by atoms with Gasteiger partial charge in [-0.2, -0.15) is 4.99 Å². The number of hydrogen-bond donors (Lipinski definition) is 2. The molecule has 2 aromatic carbocycles. The predicted octanol–water partition coefficient (Wildman–Crippen LogP) is 4.97. The molecule has 0 fully saturated rings. The lowest BCUT2D eigenvalue weighted by molar-refractivity contribution is 0.102. The van der Waals surface area contributed by atoms with Crippen LogP contribution in [-0.2, 0) is 0 Å². The van der Waals surface area contributed by atoms with Crippen LogP contribution in [-0.4, -0.2) is 31.0 Å². The van der Waals surface area contributed by atoms with Crippen LogP contribution in [0.3, 0.4) is 0 Å². The van der Waals surface area contributed by atoms with E-state index in [0.29, 0.717) is 34.3 Å². The largest absolute Gasteiger partial charge is 0.324 e. The summed E-state index contributed by atoms with van der Waals surface area (Å²) in [5.74, 6) is 0.150. The Morgan fingerprint density at radius 2 is 1.84 bits per heavy atom. The van der Waals surface area contributed by atoms with E-state index in [1.807, 2.05) is 13.0 Å². The number of carbonyl (C=O) groups excluding carboxylic acids is 1. The van der Waals surface area contributed by atoms with E-state index in [2.05, 4.69) is 52.9 Å². The van der Waals surface area contributed by atoms with E-state index in [1.165, 1.54) is 0 Å². The van der Waals surface area contributed by atoms with Crippen molar-refractivity contribution in [2.24, 2.45) is 4.99 Å². The topological polar surface area (TPSA) is 105 Å². The standard InChI is InChI=1S/C23H17N7OS/c1-15-2-3-16(22(31)28-18-6-4-17(5-7-18)27-14-32)12-20(15)30-23-26-9-8-19(29-23)21-13-24-10-11-25-21/h2-13H,1H3,(H,28,31)(H,26,29,30). The van der Waals surface area contributed by atoms with Crippen molar-refractivity contribution in [3.8, 4) is 11.4 Å². The summed E-state index contributed by atoms with van der Waals surface area (Å²) in [6.07, 6.45) is 6.49. The highest BCUT2D eigenvalue weighted by atomic mass is 32.1. The number of thiocarbonyl (C=S) groups is 1. The van der Waals surface area contributed by atoms with E-state index in [0.717, 1.165) is 11.3 Å². The maximum atomic E-state index is 12.7. The van der Waals surface area contributed by atoms with Gasteiger partial charge in [0.25, 0.3) is 5.91 Å². The zero-order chi connectivity index (χ0) is 22.3. The first-order valence-electron chi connectivity index (χ1n) is 9.59. The minimum Gasteiger partial charge on any atom is -0.324 e. The molecule has 0 bridgehead atoms. The summed E-state index contributed by atoms with van der Waals surface area (Å²) in [5.41, 5.74) is 4.76. The van der Waals surface area contributed by atoms with E-state index in [-0.39, 0.29) is 5.91 Å². The fraction of sp³-hybridized carbons (Fsp3) is 0.0435. The average molecular weight is 440 g/mol. The van der Waals surface area contributed by atoms with Gasteiger partial charge in [0.2, 0.25) is 5.95 Å². The normalized spacial score (nSPS) is 10.2. The van der Waals surface area contributed by atoms with E-state index >= 15 is 0 Å². The van der Waals surface area contributed by atoms with Gasteiger partial charge in [-0.25, -0.2) is 9.97 Å². The maximum Gasteiger partial charge on any atom is 0.255 e. The Bertz CT molecular complexity index is 1300. The number of amides is 1. The van der Waals surface area contributed by atoms with Gasteiger partial charge in [0.15, 0.2) is 0 Å². The Morgan fingerprint density at radius 1 is 1.00 bits per heavy atom. The molecule has 2 aromatic heterocycles. The molecule has 9 heteroatoms. The molecule has 0 aliphatic heterocycles. The lowest BCUT2D eigenvalue weighted by Gasteiger charge is -2.11. The third kappa shape index (κ3) is 5.04. The second-order valence-electron chi connectivity index (χ2n) is 6.71. The summed E-state index contributed by atoms with van der Waals surface area (Å²) in [6, 6.07) is 14.1. The van der Waals surface area contributed by atoms with Crippen molar-refractivity contribution in [3.63, 3.8) is 0 Å². The first-order chi connectivity index (χ1) is 15.6. The van der Waals surface area contributed by atoms with Gasteiger partial charge in [-0.15, -0.1) is 0 Å². The molecule has 0 atom stereocenters. The summed E-state index contributed by atoms with van der Waals surface area (Å²) < 4.78 is 0. The summed E-state index contributed by atoms with van der Waals surface area (Å²) in [7, 11) is 0. The van der Waals surface area contributed by atoms with E-state index in [9.17, 15) is 4.79 Å². The van der Waals surface area contributed by atoms with Crippen LogP contribution in [0, 0.1) is 6.92 Å². The number of nitrogens with one attached hydrogen (secondary N) is 2. The van der Waals surface area contributed by atoms with Crippen LogP contribution in [0.2, 0.25) is 0 Å². The number of hydrogen-bond acceptors (Lipinski definition) is 8. The van der Waals surface area contributed by atoms with Crippen molar-refractivity contribution >= 4 is 46.3 Å². The second-order valence-corrected chi connectivity index (χ2v) is 6.90. The Hall–Kier alpha value is -4.33. The van der Waals surface area contributed by atoms with Crippen LogP contribution < -0.4 is 10.6 Å². The van der Waals surface area contributed by atoms with Gasteiger partial charge in [-0.1, -0.05) is 6.07 Å². The highest BCUT2D eigenvalue weighted by molar-refractivity contribution is 7.78. The molecule has 2 heterocycles. The first-order valence-corrected chi connectivity index (χ1v) is 9.99. The summed E-state index contributed by atoms with van der Waals surface area (Å²) in [5, 5.41) is 8.36. The minimum absolute atomic E-state index is 0.242. The fourth-order valence-electron chi connectivity index (χ4n) is 2.89. The molecule has 0 radical (unpaired) electrons. The van der Waals surface area contributed by atoms with Gasteiger partial charge in [-0.05, 0) is 67.2 Å². The third-order valence-electron chi connectivity index (χ3n) is 4.53. The summed E-state index contributed by atoms with van der Waals surface area (Å²) in [4.78, 5) is 33.7. The van der Waals surface area contributed by atoms with Gasteiger partial charge in [-0.3, -0.25) is 14.8 Å². The van der Waals surface area contributed by atoms with Gasteiger partial charge >= 0.3 is 0 Å². The Labute approximate surface area is 189 Å². The molecule has 0 saturated heterocycles. The number of carbonyl (C=O) groups is 1. The number of benzene rings is 2. The number of aromatic nitrogens is 4. The number of anilines is 3. The SMILES string of the molecule is Cc1ccc(C(=O)Nc2ccc(N=C=S)cc2)cc1Nc1nccc(-c2cnccn2)n1. The smallest absolute Gasteiger partial charge is 0.255 e. The van der Waals surface area contributed by atoms with Crippen LogP contribution in [0.4, 0.5) is 23.0 Å². The molecule has 2 N–H and O–H groups in total. The molecule has 4 aromatic rings. The summed E-state index contributed by atoms with van der Waals surface area (Å²) >= 11 is 4.59. The Morgan fingerprint density at radius 3 is 2.59 bits per heavy atom. The third-order valence-corrected chi connectivity index (χ3v) is 4.62. The van der Waals surface area contributed by atoms with E-state index < -0.39 is 0 Å². The highest BCUT2D eigenvalue weighted by Crippen LogP contribution is 2.23. The van der Waals surface area contributed by atoms with Gasteiger partial charge in [0, 0.05) is 35.5 Å². The van der Waals surface area contributed by atoms with Crippen LogP contribution >= 0.6 is 12.2 Å². The molecular weight excluding hydrogens is 422 g/mol. The van der Waals surface area contributed by atoms with Crippen LogP contribution in [0.15, 0.2) is 78.3 Å². The lowest BCUT2D eigenvalue weighted by atomic mass is 10.1. The predicted molar refractivity (Wildman–Crippen MR) is 127 cm³/mol. The molecule has 0 spiro atoms. The summed E-state index contributed by atoms with van der Waals surface area (Å²) in [6.45, 7) is 1.94. The molecular formula is C23H17N7OS. The average Bonchev–Trinajstić information content (AvgIpc) is 2.83. The van der Waals surface area contributed by atoms with Gasteiger partial charge in [0.05, 0.1) is 22.7 Å². The molecule has 156 valence electrons. The van der Waals surface area contributed by atoms with Crippen LogP contribution in [0.25, 0.3) is 11.4 Å². The van der Waals surface area contributed by atoms with Crippen molar-refractivity contribution in [2.75, 3.05) is 10.6 Å². The van der Waals surface area contributed by atoms with Crippen molar-refractivity contribution in [1.82, 2.24) is 19.9 Å². The van der Waals surface area contributed by atoms with E-state index in [1.54, 1.807) is 67.3 Å². The number of aliphatic imine (C=N–C) groups is 1. The fourth-order valence-corrected chi connectivity index (χ4v) is 2.99. The molecule has 32 heavy (non-hydrogen) atoms. The monoisotopic (exact) mass is 439 g/mol. The molecule has 0 aliphatic carbocycles. The zero-order valence-electron chi connectivity index (χ0n) is 17.0. The molecule has 4 rings (SSSR count). The Balaban J connectivity index is 1.53. The number of rotatable bonds is 6. The molecule has 0 saturated carbocycles. The van der Waals surface area contributed by atoms with Gasteiger partial charge in [0.1, 0.15) is 5.69 Å². The lowest BCUT2D eigenvalue weighted by Crippen LogP contribution is -2.12. The number of nitrogens with zero attached hydrogens (tertiary/aromatic N) is 5. The van der Waals surface area contributed by atoms with Crippen molar-refractivity contribution < 1.29 is 4.79 Å². The highest BCUT2D eigenvalue weighted by Gasteiger charge is 2.11. The van der Waals surface area contributed by atoms with E-state index in [4.69, 9.17) is 0 Å². The van der Waals surface area contributed by atoms with Crippen molar-refractivity contribution in [2.45, 2.75) is 6.92 Å². The molecule has 8 nitrogen and oxygen atoms in total. The Kier molecular flexibility index (Phi) is 6.31. The first kappa shape index (κ1) is 20.9. The van der Waals surface area contributed by atoms with Crippen LogP contribution in [0.5, 0.6) is 0 Å². The number of aryl methyl sites for hydroxylation is 1. The molecule has 0 unspecified atom stereocenters. The van der Waals surface area contributed by atoms with Crippen LogP contribution in [0.1, 0.15) is 15.9 Å². The maximum absolute atomic E-state index is 12.7. The molecule has 0 aliphatic rings. The van der Waals surface area contributed by atoms with Crippen molar-refractivity contribution in [1.29, 1.82) is 0 Å². The van der Waals surface area contributed by atoms with Crippen molar-refractivity contribution in [3.05, 3.63) is 84.4 Å². The minimum atomic E-state index is -0.242. The second kappa shape index (κ2) is 9.65. The molecule has 1 amide bonds. The number of isothiocyanates is 1. The zero-order valence-corrected chi connectivity index (χ0v) is 17.8. The van der Waals surface area contributed by atoms with Gasteiger partial charge < -0.3 is 10.6 Å².